The second-order valence-corrected chi connectivity index (χ2v) is 9.28. The molecule has 0 saturated heterocycles. The van der Waals surface area contributed by atoms with Crippen LogP contribution >= 0.6 is 27.3 Å². The highest BCUT2D eigenvalue weighted by atomic mass is 79.9. The summed E-state index contributed by atoms with van der Waals surface area (Å²) in [6.45, 7) is 2.89. The third-order valence-corrected chi connectivity index (χ3v) is 6.37. The Morgan fingerprint density at radius 3 is 2.62 bits per heavy atom. The first-order valence-corrected chi connectivity index (χ1v) is 10.6. The van der Waals surface area contributed by atoms with Crippen molar-refractivity contribution in [2.45, 2.75) is 19.6 Å². The van der Waals surface area contributed by atoms with Crippen LogP contribution in [0, 0.1) is 12.7 Å². The highest BCUT2D eigenvalue weighted by Crippen LogP contribution is 2.25. The fraction of sp³-hybridized carbons (Fsp3) is 0.250. The van der Waals surface area contributed by atoms with Crippen molar-refractivity contribution in [3.63, 3.8) is 0 Å². The molecule has 1 unspecified atom stereocenters. The number of aliphatic hydroxyl groups excluding tert-OH is 1. The molecule has 0 saturated carbocycles. The number of nitrogens with zero attached hydrogens (tertiary/aromatic N) is 4. The number of benzene rings is 1. The van der Waals surface area contributed by atoms with Gasteiger partial charge in [-0.25, -0.2) is 9.18 Å². The molecule has 4 rings (SSSR count). The molecule has 1 aromatic carbocycles. The molecule has 1 atom stereocenters. The lowest BCUT2D eigenvalue weighted by Gasteiger charge is -2.30. The first-order valence-electron chi connectivity index (χ1n) is 8.99. The van der Waals surface area contributed by atoms with Gasteiger partial charge in [0.1, 0.15) is 11.6 Å². The van der Waals surface area contributed by atoms with E-state index in [9.17, 15) is 14.3 Å². The molecule has 0 spiro atoms. The quantitative estimate of drug-likeness (QED) is 0.625. The van der Waals surface area contributed by atoms with Gasteiger partial charge in [-0.15, -0.1) is 11.3 Å². The first kappa shape index (κ1) is 19.9. The summed E-state index contributed by atoms with van der Waals surface area (Å²) in [4.78, 5) is 24.0. The predicted octanol–water partition coefficient (Wildman–Crippen LogP) is 3.22. The summed E-state index contributed by atoms with van der Waals surface area (Å²) >= 11 is 4.98. The van der Waals surface area contributed by atoms with Gasteiger partial charge < -0.3 is 10.0 Å². The second-order valence-electron chi connectivity index (χ2n) is 6.73. The molecule has 29 heavy (non-hydrogen) atoms. The molecule has 0 radical (unpaired) electrons. The van der Waals surface area contributed by atoms with E-state index in [2.05, 4.69) is 25.9 Å². The minimum absolute atomic E-state index is 0.254. The molecule has 0 bridgehead atoms. The van der Waals surface area contributed by atoms with Crippen molar-refractivity contribution in [3.8, 4) is 0 Å². The van der Waals surface area contributed by atoms with Gasteiger partial charge >= 0.3 is 5.69 Å². The number of β-amino-alcohol motifs (C(OH)–C–C–N with tert-alkyl or cyclic N) is 1. The maximum absolute atomic E-state index is 13.1. The predicted molar refractivity (Wildman–Crippen MR) is 115 cm³/mol. The molecule has 1 aliphatic rings. The average molecular weight is 477 g/mol. The highest BCUT2D eigenvalue weighted by molar-refractivity contribution is 9.11. The number of aryl methyl sites for hydroxylation is 1. The largest absolute Gasteiger partial charge is 0.387 e. The minimum atomic E-state index is -0.788. The molecular weight excluding hydrogens is 459 g/mol. The van der Waals surface area contributed by atoms with Crippen LogP contribution in [0.1, 0.15) is 16.3 Å². The molecule has 3 heterocycles. The van der Waals surface area contributed by atoms with Crippen LogP contribution in [-0.2, 0) is 6.54 Å². The summed E-state index contributed by atoms with van der Waals surface area (Å²) in [6.07, 6.45) is 1.07. The smallest absolute Gasteiger partial charge is 0.352 e. The van der Waals surface area contributed by atoms with Crippen LogP contribution < -0.4 is 10.6 Å². The van der Waals surface area contributed by atoms with Crippen molar-refractivity contribution in [1.82, 2.24) is 14.5 Å². The Morgan fingerprint density at radius 1 is 1.24 bits per heavy atom. The molecule has 6 nitrogen and oxygen atoms in total. The van der Waals surface area contributed by atoms with Crippen molar-refractivity contribution in [3.05, 3.63) is 78.8 Å². The van der Waals surface area contributed by atoms with Crippen LogP contribution in [0.2, 0.25) is 0 Å². The maximum atomic E-state index is 13.1. The van der Waals surface area contributed by atoms with Gasteiger partial charge in [0.15, 0.2) is 0 Å². The molecule has 0 fully saturated rings. The molecule has 1 N–H and O–H groups in total. The van der Waals surface area contributed by atoms with Gasteiger partial charge in [-0.3, -0.25) is 4.57 Å². The number of rotatable bonds is 4. The summed E-state index contributed by atoms with van der Waals surface area (Å²) in [5, 5.41) is 10.6. The summed E-state index contributed by atoms with van der Waals surface area (Å²) in [6, 6.07) is 9.92. The van der Waals surface area contributed by atoms with E-state index in [1.54, 1.807) is 35.3 Å². The fourth-order valence-corrected chi connectivity index (χ4v) is 4.74. The van der Waals surface area contributed by atoms with Gasteiger partial charge in [0.2, 0.25) is 5.95 Å². The van der Waals surface area contributed by atoms with Crippen molar-refractivity contribution >= 4 is 38.8 Å². The van der Waals surface area contributed by atoms with Gasteiger partial charge in [0.25, 0.3) is 0 Å². The van der Waals surface area contributed by atoms with Crippen molar-refractivity contribution in [1.29, 1.82) is 0 Å². The topological polar surface area (TPSA) is 71.2 Å². The molecule has 9 heteroatoms. The number of hydrogen-bond donors (Lipinski definition) is 1. The zero-order chi connectivity index (χ0) is 20.5. The number of thiophene rings is 1. The van der Waals surface area contributed by atoms with Crippen LogP contribution in [0.4, 0.5) is 10.3 Å². The van der Waals surface area contributed by atoms with Crippen molar-refractivity contribution in [2.75, 3.05) is 18.0 Å². The standard InChI is InChI=1S/C20H18BrFN4O2S/c1-12-23-19(24-20(28)26(12)10-15-6-7-18(21)29-15)25-9-8-16(17(27)11-25)13-2-4-14(22)5-3-13/h2-8,17,27H,9-11H2,1H3. The molecule has 0 aliphatic carbocycles. The lowest BCUT2D eigenvalue weighted by atomic mass is 9.97. The van der Waals surface area contributed by atoms with Crippen LogP contribution in [-0.4, -0.2) is 38.8 Å². The van der Waals surface area contributed by atoms with E-state index in [0.717, 1.165) is 19.8 Å². The van der Waals surface area contributed by atoms with E-state index in [1.807, 2.05) is 18.2 Å². The van der Waals surface area contributed by atoms with Crippen LogP contribution in [0.25, 0.3) is 5.57 Å². The van der Waals surface area contributed by atoms with Crippen LogP contribution in [0.5, 0.6) is 0 Å². The monoisotopic (exact) mass is 476 g/mol. The van der Waals surface area contributed by atoms with E-state index < -0.39 is 6.10 Å². The molecule has 150 valence electrons. The lowest BCUT2D eigenvalue weighted by Crippen LogP contribution is -2.40. The zero-order valence-electron chi connectivity index (χ0n) is 15.5. The number of halogens is 2. The number of aliphatic hydroxyl groups is 1. The molecule has 3 aromatic rings. The Balaban J connectivity index is 1.56. The highest BCUT2D eigenvalue weighted by Gasteiger charge is 2.24. The zero-order valence-corrected chi connectivity index (χ0v) is 18.0. The fourth-order valence-electron chi connectivity index (χ4n) is 3.27. The Kier molecular flexibility index (Phi) is 5.62. The molecule has 0 amide bonds. The van der Waals surface area contributed by atoms with Gasteiger partial charge in [0, 0.05) is 11.4 Å². The SMILES string of the molecule is Cc1nc(N2CC=C(c3ccc(F)cc3)C(O)C2)nc(=O)n1Cc1ccc(Br)s1. The van der Waals surface area contributed by atoms with Crippen molar-refractivity contribution < 1.29 is 9.50 Å². The third-order valence-electron chi connectivity index (χ3n) is 4.77. The van der Waals surface area contributed by atoms with Gasteiger partial charge in [0.05, 0.1) is 23.0 Å². The van der Waals surface area contributed by atoms with E-state index in [4.69, 9.17) is 0 Å². The van der Waals surface area contributed by atoms with Gasteiger partial charge in [-0.05, 0) is 58.3 Å². The Hall–Kier alpha value is -2.36. The van der Waals surface area contributed by atoms with Crippen LogP contribution in [0.3, 0.4) is 0 Å². The van der Waals surface area contributed by atoms with E-state index >= 15 is 0 Å². The summed E-state index contributed by atoms with van der Waals surface area (Å²) in [7, 11) is 0. The van der Waals surface area contributed by atoms with E-state index in [0.29, 0.717) is 24.9 Å². The summed E-state index contributed by atoms with van der Waals surface area (Å²) in [5.74, 6) is 0.539. The Bertz CT molecular complexity index is 1130. The van der Waals surface area contributed by atoms with E-state index in [-0.39, 0.29) is 18.1 Å². The lowest BCUT2D eigenvalue weighted by molar-refractivity contribution is 0.233. The van der Waals surface area contributed by atoms with Crippen LogP contribution in [0.15, 0.2) is 51.1 Å². The first-order chi connectivity index (χ1) is 13.9. The van der Waals surface area contributed by atoms with Gasteiger partial charge in [-0.2, -0.15) is 9.97 Å². The summed E-state index contributed by atoms with van der Waals surface area (Å²) in [5.41, 5.74) is 1.13. The number of aromatic nitrogens is 3. The number of hydrogen-bond acceptors (Lipinski definition) is 6. The normalized spacial score (nSPS) is 16.8. The van der Waals surface area contributed by atoms with E-state index in [1.165, 1.54) is 16.7 Å². The Morgan fingerprint density at radius 2 is 2.00 bits per heavy atom. The second kappa shape index (κ2) is 8.17. The van der Waals surface area contributed by atoms with Crippen molar-refractivity contribution in [2.24, 2.45) is 0 Å². The summed E-state index contributed by atoms with van der Waals surface area (Å²) < 4.78 is 15.7. The maximum Gasteiger partial charge on any atom is 0.352 e. The number of anilines is 1. The minimum Gasteiger partial charge on any atom is -0.387 e. The van der Waals surface area contributed by atoms with Gasteiger partial charge in [-0.1, -0.05) is 18.2 Å². The Labute approximate surface area is 179 Å². The average Bonchev–Trinajstić information content (AvgIpc) is 3.10. The molecule has 2 aromatic heterocycles. The molecule has 1 aliphatic heterocycles. The third kappa shape index (κ3) is 4.31. The molecular formula is C20H18BrFN4O2S.